The lowest BCUT2D eigenvalue weighted by atomic mass is 9.67. The van der Waals surface area contributed by atoms with Crippen LogP contribution in [-0.2, 0) is 19.4 Å². The summed E-state index contributed by atoms with van der Waals surface area (Å²) in [6.07, 6.45) is 0.107. The lowest BCUT2D eigenvalue weighted by molar-refractivity contribution is -0.180. The van der Waals surface area contributed by atoms with E-state index in [0.717, 1.165) is 0 Å². The number of nitrogens with one attached hydrogen (secondary N) is 1. The third kappa shape index (κ3) is 1.86. The summed E-state index contributed by atoms with van der Waals surface area (Å²) < 4.78 is 27.9. The molecule has 0 aromatic rings. The monoisotopic (exact) mass is 263 g/mol. The van der Waals surface area contributed by atoms with E-state index in [1.807, 2.05) is 0 Å². The van der Waals surface area contributed by atoms with Gasteiger partial charge in [0.05, 0.1) is 23.7 Å². The second-order valence-electron chi connectivity index (χ2n) is 4.78. The number of carbonyl (C=O) groups excluding carboxylic acids is 1. The number of sulfone groups is 1. The SMILES string of the molecule is CCOC(=O)C1(C2(O)CCS(=O)(=O)C2)CNC1. The molecule has 2 fully saturated rings. The molecule has 0 aromatic heterocycles. The number of esters is 1. The van der Waals surface area contributed by atoms with E-state index in [4.69, 9.17) is 4.74 Å². The van der Waals surface area contributed by atoms with E-state index in [1.165, 1.54) is 0 Å². The van der Waals surface area contributed by atoms with Gasteiger partial charge in [-0.05, 0) is 13.3 Å². The van der Waals surface area contributed by atoms with Crippen LogP contribution in [0.5, 0.6) is 0 Å². The number of hydrogen-bond acceptors (Lipinski definition) is 6. The first-order valence-electron chi connectivity index (χ1n) is 5.66. The molecule has 2 heterocycles. The number of carbonyl (C=O) groups is 1. The number of hydrogen-bond donors (Lipinski definition) is 2. The fourth-order valence-corrected chi connectivity index (χ4v) is 4.46. The van der Waals surface area contributed by atoms with Crippen LogP contribution in [0.2, 0.25) is 0 Å². The zero-order valence-electron chi connectivity index (χ0n) is 9.73. The summed E-state index contributed by atoms with van der Waals surface area (Å²) in [6, 6.07) is 0. The van der Waals surface area contributed by atoms with E-state index in [9.17, 15) is 18.3 Å². The van der Waals surface area contributed by atoms with Crippen LogP contribution < -0.4 is 5.32 Å². The van der Waals surface area contributed by atoms with Crippen molar-refractivity contribution >= 4 is 15.8 Å². The molecule has 2 rings (SSSR count). The van der Waals surface area contributed by atoms with Gasteiger partial charge >= 0.3 is 5.97 Å². The van der Waals surface area contributed by atoms with E-state index in [-0.39, 0.29) is 37.6 Å². The molecule has 2 N–H and O–H groups in total. The van der Waals surface area contributed by atoms with E-state index >= 15 is 0 Å². The van der Waals surface area contributed by atoms with Gasteiger partial charge in [0.25, 0.3) is 0 Å². The molecule has 7 heteroatoms. The highest BCUT2D eigenvalue weighted by atomic mass is 32.2. The Morgan fingerprint density at radius 2 is 2.12 bits per heavy atom. The van der Waals surface area contributed by atoms with Crippen LogP contribution >= 0.6 is 0 Å². The van der Waals surface area contributed by atoms with Crippen molar-refractivity contribution in [3.63, 3.8) is 0 Å². The smallest absolute Gasteiger partial charge is 0.317 e. The van der Waals surface area contributed by atoms with Gasteiger partial charge < -0.3 is 15.2 Å². The van der Waals surface area contributed by atoms with Crippen LogP contribution in [0, 0.1) is 5.41 Å². The van der Waals surface area contributed by atoms with E-state index in [2.05, 4.69) is 5.32 Å². The average molecular weight is 263 g/mol. The summed E-state index contributed by atoms with van der Waals surface area (Å²) in [5.41, 5.74) is -2.57. The standard InChI is InChI=1S/C10H17NO5S/c1-2-16-8(12)9(5-11-6-9)10(13)3-4-17(14,15)7-10/h11,13H,2-7H2,1H3. The molecule has 1 atom stereocenters. The van der Waals surface area contributed by atoms with Gasteiger partial charge in [0.15, 0.2) is 9.84 Å². The molecule has 0 saturated carbocycles. The Morgan fingerprint density at radius 3 is 2.47 bits per heavy atom. The molecule has 0 aromatic carbocycles. The van der Waals surface area contributed by atoms with Gasteiger partial charge in [-0.3, -0.25) is 4.79 Å². The van der Waals surface area contributed by atoms with E-state index in [1.54, 1.807) is 6.92 Å². The maximum Gasteiger partial charge on any atom is 0.317 e. The first-order valence-corrected chi connectivity index (χ1v) is 7.48. The molecule has 98 valence electrons. The molecular formula is C10H17NO5S. The molecule has 0 radical (unpaired) electrons. The minimum absolute atomic E-state index is 0.0648. The molecule has 0 aliphatic carbocycles. The molecule has 0 spiro atoms. The first kappa shape index (κ1) is 12.8. The second-order valence-corrected chi connectivity index (χ2v) is 6.96. The van der Waals surface area contributed by atoms with Crippen molar-refractivity contribution in [1.29, 1.82) is 0 Å². The highest BCUT2D eigenvalue weighted by Crippen LogP contribution is 2.43. The Kier molecular flexibility index (Phi) is 2.95. The lowest BCUT2D eigenvalue weighted by Gasteiger charge is -2.48. The van der Waals surface area contributed by atoms with Gasteiger partial charge in [-0.15, -0.1) is 0 Å². The fourth-order valence-electron chi connectivity index (χ4n) is 2.52. The Hall–Kier alpha value is -0.660. The summed E-state index contributed by atoms with van der Waals surface area (Å²) >= 11 is 0. The predicted molar refractivity (Wildman–Crippen MR) is 60.2 cm³/mol. The van der Waals surface area contributed by atoms with Gasteiger partial charge in [-0.2, -0.15) is 0 Å². The van der Waals surface area contributed by atoms with E-state index in [0.29, 0.717) is 0 Å². The molecule has 0 bridgehead atoms. The van der Waals surface area contributed by atoms with Crippen molar-refractivity contribution in [2.75, 3.05) is 31.2 Å². The Bertz CT molecular complexity index is 428. The van der Waals surface area contributed by atoms with Crippen molar-refractivity contribution < 1.29 is 23.1 Å². The summed E-state index contributed by atoms with van der Waals surface area (Å²) in [4.78, 5) is 11.9. The Balaban J connectivity index is 2.27. The largest absolute Gasteiger partial charge is 0.465 e. The number of rotatable bonds is 3. The van der Waals surface area contributed by atoms with E-state index < -0.39 is 26.8 Å². The minimum Gasteiger partial charge on any atom is -0.465 e. The van der Waals surface area contributed by atoms with Crippen LogP contribution in [0.25, 0.3) is 0 Å². The maximum atomic E-state index is 11.9. The predicted octanol–water partition coefficient (Wildman–Crippen LogP) is -1.31. The highest BCUT2D eigenvalue weighted by Gasteiger charge is 2.64. The molecule has 2 aliphatic rings. The van der Waals surface area contributed by atoms with Crippen molar-refractivity contribution in [2.45, 2.75) is 18.9 Å². The van der Waals surface area contributed by atoms with Gasteiger partial charge in [-0.25, -0.2) is 8.42 Å². The normalized spacial score (nSPS) is 34.0. The zero-order chi connectivity index (χ0) is 12.7. The van der Waals surface area contributed by atoms with Gasteiger partial charge in [0.1, 0.15) is 5.41 Å². The lowest BCUT2D eigenvalue weighted by Crippen LogP contribution is -2.70. The third-order valence-corrected chi connectivity index (χ3v) is 5.44. The van der Waals surface area contributed by atoms with Crippen molar-refractivity contribution in [3.8, 4) is 0 Å². The summed E-state index contributed by atoms with van der Waals surface area (Å²) in [6.45, 7) is 2.46. The topological polar surface area (TPSA) is 92.7 Å². The summed E-state index contributed by atoms with van der Waals surface area (Å²) in [7, 11) is -3.25. The Labute approximate surface area is 100 Å². The second kappa shape index (κ2) is 3.93. The fraction of sp³-hybridized carbons (Fsp3) is 0.900. The average Bonchev–Trinajstić information content (AvgIpc) is 2.39. The van der Waals surface area contributed by atoms with Crippen LogP contribution in [0.3, 0.4) is 0 Å². The number of aliphatic hydroxyl groups is 1. The molecule has 2 aliphatic heterocycles. The molecule has 0 amide bonds. The highest BCUT2D eigenvalue weighted by molar-refractivity contribution is 7.91. The van der Waals surface area contributed by atoms with Crippen molar-refractivity contribution in [2.24, 2.45) is 5.41 Å². The van der Waals surface area contributed by atoms with Crippen LogP contribution in [0.4, 0.5) is 0 Å². The van der Waals surface area contributed by atoms with Crippen molar-refractivity contribution in [1.82, 2.24) is 5.32 Å². The molecule has 2 saturated heterocycles. The first-order chi connectivity index (χ1) is 7.85. The summed E-state index contributed by atoms with van der Waals surface area (Å²) in [5.74, 6) is -0.913. The van der Waals surface area contributed by atoms with Crippen LogP contribution in [0.1, 0.15) is 13.3 Å². The van der Waals surface area contributed by atoms with Gasteiger partial charge in [0, 0.05) is 13.1 Å². The molecule has 6 nitrogen and oxygen atoms in total. The molecule has 1 unspecified atom stereocenters. The number of ether oxygens (including phenoxy) is 1. The maximum absolute atomic E-state index is 11.9. The van der Waals surface area contributed by atoms with Gasteiger partial charge in [0.2, 0.25) is 0 Å². The third-order valence-electron chi connectivity index (χ3n) is 3.70. The minimum atomic E-state index is -3.25. The summed E-state index contributed by atoms with van der Waals surface area (Å²) in [5, 5.41) is 13.4. The van der Waals surface area contributed by atoms with Crippen LogP contribution in [0.15, 0.2) is 0 Å². The molecular weight excluding hydrogens is 246 g/mol. The molecule has 17 heavy (non-hydrogen) atoms. The van der Waals surface area contributed by atoms with Gasteiger partial charge in [-0.1, -0.05) is 0 Å². The van der Waals surface area contributed by atoms with Crippen LogP contribution in [-0.4, -0.2) is 56.3 Å². The van der Waals surface area contributed by atoms with Crippen molar-refractivity contribution in [3.05, 3.63) is 0 Å². The Morgan fingerprint density at radius 1 is 1.47 bits per heavy atom. The quantitative estimate of drug-likeness (QED) is 0.614. The zero-order valence-corrected chi connectivity index (χ0v) is 10.5.